The molecule has 0 aromatic heterocycles. The Bertz CT molecular complexity index is 363. The first-order chi connectivity index (χ1) is 9.45. The van der Waals surface area contributed by atoms with Crippen molar-refractivity contribution < 1.29 is 14.4 Å². The highest BCUT2D eigenvalue weighted by Gasteiger charge is 2.30. The zero-order valence-electron chi connectivity index (χ0n) is 12.3. The van der Waals surface area contributed by atoms with Crippen molar-refractivity contribution >= 4 is 17.6 Å². The number of carbonyl (C=O) groups is 3. The van der Waals surface area contributed by atoms with Gasteiger partial charge in [-0.25, -0.2) is 5.84 Å². The lowest BCUT2D eigenvalue weighted by Crippen LogP contribution is -2.51. The van der Waals surface area contributed by atoms with Gasteiger partial charge in [-0.05, 0) is 25.2 Å². The van der Waals surface area contributed by atoms with Crippen molar-refractivity contribution in [3.63, 3.8) is 0 Å². The number of amides is 2. The Morgan fingerprint density at radius 3 is 2.25 bits per heavy atom. The van der Waals surface area contributed by atoms with Gasteiger partial charge in [0.15, 0.2) is 0 Å². The third kappa shape index (κ3) is 4.92. The molecule has 1 rings (SSSR count). The van der Waals surface area contributed by atoms with Gasteiger partial charge in [0.2, 0.25) is 11.7 Å². The molecule has 20 heavy (non-hydrogen) atoms. The molecule has 1 unspecified atom stereocenters. The Hall–Kier alpha value is -1.43. The summed E-state index contributed by atoms with van der Waals surface area (Å²) in [6, 6.07) is -0.784. The van der Waals surface area contributed by atoms with Crippen LogP contribution >= 0.6 is 0 Å². The number of hydrogen-bond acceptors (Lipinski definition) is 4. The number of rotatable bonds is 6. The minimum absolute atomic E-state index is 0.0350. The summed E-state index contributed by atoms with van der Waals surface area (Å²) in [7, 11) is 0. The van der Waals surface area contributed by atoms with E-state index in [9.17, 15) is 14.4 Å². The van der Waals surface area contributed by atoms with Gasteiger partial charge >= 0.3 is 5.91 Å². The molecule has 0 heterocycles. The van der Waals surface area contributed by atoms with Crippen LogP contribution in [0.1, 0.15) is 52.4 Å². The van der Waals surface area contributed by atoms with Crippen LogP contribution in [0.4, 0.5) is 0 Å². The highest BCUT2D eigenvalue weighted by atomic mass is 16.2. The van der Waals surface area contributed by atoms with Crippen molar-refractivity contribution in [2.75, 3.05) is 0 Å². The van der Waals surface area contributed by atoms with Gasteiger partial charge < -0.3 is 5.32 Å². The molecule has 0 saturated heterocycles. The first kappa shape index (κ1) is 16.6. The van der Waals surface area contributed by atoms with Crippen LogP contribution < -0.4 is 16.6 Å². The first-order valence-electron chi connectivity index (χ1n) is 7.30. The lowest BCUT2D eigenvalue weighted by Gasteiger charge is -2.24. The third-order valence-corrected chi connectivity index (χ3v) is 3.67. The summed E-state index contributed by atoms with van der Waals surface area (Å²) in [6.07, 6.45) is 5.40. The molecule has 6 heteroatoms. The number of nitrogens with one attached hydrogen (secondary N) is 2. The second-order valence-electron chi connectivity index (χ2n) is 5.86. The molecule has 0 aromatic rings. The van der Waals surface area contributed by atoms with Crippen LogP contribution in [0, 0.1) is 11.8 Å². The number of hydrazine groups is 1. The fraction of sp³-hybridized carbons (Fsp3) is 0.786. The average Bonchev–Trinajstić information content (AvgIpc) is 2.45. The third-order valence-electron chi connectivity index (χ3n) is 3.67. The maximum Gasteiger partial charge on any atom is 0.303 e. The second kappa shape index (κ2) is 7.99. The van der Waals surface area contributed by atoms with Crippen LogP contribution in [-0.4, -0.2) is 23.6 Å². The quantitative estimate of drug-likeness (QED) is 0.288. The Morgan fingerprint density at radius 2 is 1.75 bits per heavy atom. The van der Waals surface area contributed by atoms with E-state index in [2.05, 4.69) is 5.32 Å². The summed E-state index contributed by atoms with van der Waals surface area (Å²) in [5.74, 6) is 3.49. The number of Topliss-reactive ketones (excluding diaryl/α,β-unsaturated/α-hetero) is 1. The molecule has 114 valence electrons. The van der Waals surface area contributed by atoms with Crippen molar-refractivity contribution in [3.05, 3.63) is 0 Å². The van der Waals surface area contributed by atoms with Gasteiger partial charge in [-0.2, -0.15) is 0 Å². The molecule has 6 nitrogen and oxygen atoms in total. The fourth-order valence-corrected chi connectivity index (χ4v) is 2.59. The standard InChI is InChI=1S/C14H25N3O3/c1-9(2)8-11(12(18)14(20)17-15)16-13(19)10-6-4-3-5-7-10/h9-11H,3-8,15H2,1-2H3,(H,16,19)(H,17,20). The van der Waals surface area contributed by atoms with Crippen molar-refractivity contribution in [3.8, 4) is 0 Å². The number of nitrogens with two attached hydrogens (primary N) is 1. The SMILES string of the molecule is CC(C)CC(NC(=O)C1CCCCC1)C(=O)C(=O)NN. The Labute approximate surface area is 119 Å². The van der Waals surface area contributed by atoms with Gasteiger partial charge in [-0.3, -0.25) is 19.8 Å². The van der Waals surface area contributed by atoms with Gasteiger partial charge in [0, 0.05) is 5.92 Å². The molecular formula is C14H25N3O3. The predicted molar refractivity (Wildman–Crippen MR) is 75.3 cm³/mol. The van der Waals surface area contributed by atoms with Crippen LogP contribution in [0.25, 0.3) is 0 Å². The van der Waals surface area contributed by atoms with Crippen LogP contribution in [0.2, 0.25) is 0 Å². The molecule has 0 bridgehead atoms. The van der Waals surface area contributed by atoms with E-state index in [1.807, 2.05) is 19.3 Å². The van der Waals surface area contributed by atoms with Gasteiger partial charge in [0.1, 0.15) is 0 Å². The number of hydrogen-bond donors (Lipinski definition) is 3. The number of carbonyl (C=O) groups excluding carboxylic acids is 3. The van der Waals surface area contributed by atoms with Gasteiger partial charge in [0.05, 0.1) is 6.04 Å². The molecule has 0 spiro atoms. The monoisotopic (exact) mass is 283 g/mol. The summed E-state index contributed by atoms with van der Waals surface area (Å²) in [5, 5.41) is 2.73. The van der Waals surface area contributed by atoms with Crippen molar-refractivity contribution in [2.45, 2.75) is 58.4 Å². The second-order valence-corrected chi connectivity index (χ2v) is 5.86. The molecule has 4 N–H and O–H groups in total. The zero-order chi connectivity index (χ0) is 15.1. The van der Waals surface area contributed by atoms with Crippen LogP contribution in [0.5, 0.6) is 0 Å². The van der Waals surface area contributed by atoms with Crippen molar-refractivity contribution in [1.82, 2.24) is 10.7 Å². The van der Waals surface area contributed by atoms with E-state index in [4.69, 9.17) is 5.84 Å². The highest BCUT2D eigenvalue weighted by Crippen LogP contribution is 2.24. The highest BCUT2D eigenvalue weighted by molar-refractivity contribution is 6.38. The molecule has 1 aliphatic rings. The Balaban J connectivity index is 2.65. The largest absolute Gasteiger partial charge is 0.345 e. The molecule has 1 saturated carbocycles. The summed E-state index contributed by atoms with van der Waals surface area (Å²) >= 11 is 0. The van der Waals surface area contributed by atoms with Crippen LogP contribution in [0.15, 0.2) is 0 Å². The first-order valence-corrected chi connectivity index (χ1v) is 7.30. The predicted octanol–water partition coefficient (Wildman–Crippen LogP) is 0.657. The van der Waals surface area contributed by atoms with Crippen molar-refractivity contribution in [1.29, 1.82) is 0 Å². The maximum absolute atomic E-state index is 12.2. The van der Waals surface area contributed by atoms with E-state index in [1.54, 1.807) is 0 Å². The molecule has 0 aromatic carbocycles. The van der Waals surface area contributed by atoms with Crippen LogP contribution in [-0.2, 0) is 14.4 Å². The van der Waals surface area contributed by atoms with E-state index in [0.717, 1.165) is 32.1 Å². The lowest BCUT2D eigenvalue weighted by molar-refractivity contribution is -0.140. The normalized spacial score (nSPS) is 17.6. The van der Waals surface area contributed by atoms with E-state index >= 15 is 0 Å². The topological polar surface area (TPSA) is 101 Å². The molecule has 1 atom stereocenters. The van der Waals surface area contributed by atoms with Crippen LogP contribution in [0.3, 0.4) is 0 Å². The van der Waals surface area contributed by atoms with Crippen molar-refractivity contribution in [2.24, 2.45) is 17.7 Å². The summed E-state index contributed by atoms with van der Waals surface area (Å²) in [6.45, 7) is 3.88. The summed E-state index contributed by atoms with van der Waals surface area (Å²) in [4.78, 5) is 35.5. The summed E-state index contributed by atoms with van der Waals surface area (Å²) < 4.78 is 0. The van der Waals surface area contributed by atoms with E-state index in [1.165, 1.54) is 0 Å². The fourth-order valence-electron chi connectivity index (χ4n) is 2.59. The molecule has 1 aliphatic carbocycles. The minimum atomic E-state index is -0.861. The average molecular weight is 283 g/mol. The Morgan fingerprint density at radius 1 is 1.15 bits per heavy atom. The van der Waals surface area contributed by atoms with E-state index in [-0.39, 0.29) is 17.7 Å². The molecule has 1 fully saturated rings. The smallest absolute Gasteiger partial charge is 0.303 e. The Kier molecular flexibility index (Phi) is 6.64. The molecule has 2 amide bonds. The molecule has 0 aliphatic heterocycles. The molecule has 0 radical (unpaired) electrons. The zero-order valence-corrected chi connectivity index (χ0v) is 12.3. The van der Waals surface area contributed by atoms with Gasteiger partial charge in [0.25, 0.3) is 0 Å². The minimum Gasteiger partial charge on any atom is -0.345 e. The van der Waals surface area contributed by atoms with Gasteiger partial charge in [-0.15, -0.1) is 0 Å². The maximum atomic E-state index is 12.2. The summed E-state index contributed by atoms with van der Waals surface area (Å²) in [5.41, 5.74) is 1.83. The molecular weight excluding hydrogens is 258 g/mol. The van der Waals surface area contributed by atoms with E-state index in [0.29, 0.717) is 6.42 Å². The van der Waals surface area contributed by atoms with E-state index < -0.39 is 17.7 Å². The lowest BCUT2D eigenvalue weighted by atomic mass is 9.88. The van der Waals surface area contributed by atoms with Gasteiger partial charge in [-0.1, -0.05) is 33.1 Å². The number of ketones is 1.